The fourth-order valence-corrected chi connectivity index (χ4v) is 1.53. The highest BCUT2D eigenvalue weighted by atomic mass is 16.5. The van der Waals surface area contributed by atoms with Crippen LogP contribution in [-0.4, -0.2) is 12.1 Å². The molecule has 0 unspecified atom stereocenters. The molecular weight excluding hydrogens is 228 g/mol. The SMILES string of the molecule is COc1cc(C#N)ccc1Nc1cccnc1N. The summed E-state index contributed by atoms with van der Waals surface area (Å²) in [6.45, 7) is 0. The molecule has 0 saturated heterocycles. The summed E-state index contributed by atoms with van der Waals surface area (Å²) in [7, 11) is 1.55. The van der Waals surface area contributed by atoms with Gasteiger partial charge in [-0.15, -0.1) is 0 Å². The van der Waals surface area contributed by atoms with Crippen molar-refractivity contribution in [2.75, 3.05) is 18.2 Å². The average molecular weight is 240 g/mol. The van der Waals surface area contributed by atoms with Gasteiger partial charge in [0.15, 0.2) is 0 Å². The summed E-state index contributed by atoms with van der Waals surface area (Å²) in [5.41, 5.74) is 7.72. The molecule has 0 aliphatic carbocycles. The number of pyridine rings is 1. The van der Waals surface area contributed by atoms with E-state index in [0.717, 1.165) is 5.69 Å². The zero-order valence-corrected chi connectivity index (χ0v) is 9.84. The van der Waals surface area contributed by atoms with Gasteiger partial charge in [-0.1, -0.05) is 0 Å². The summed E-state index contributed by atoms with van der Waals surface area (Å²) >= 11 is 0. The van der Waals surface area contributed by atoms with E-state index in [1.165, 1.54) is 0 Å². The highest BCUT2D eigenvalue weighted by Gasteiger charge is 2.06. The Hall–Kier alpha value is -2.74. The molecule has 0 fully saturated rings. The van der Waals surface area contributed by atoms with Gasteiger partial charge in [0.25, 0.3) is 0 Å². The molecule has 2 rings (SSSR count). The fourth-order valence-electron chi connectivity index (χ4n) is 1.53. The van der Waals surface area contributed by atoms with E-state index in [0.29, 0.717) is 22.8 Å². The van der Waals surface area contributed by atoms with Crippen LogP contribution >= 0.6 is 0 Å². The quantitative estimate of drug-likeness (QED) is 0.859. The highest BCUT2D eigenvalue weighted by Crippen LogP contribution is 2.29. The number of aromatic nitrogens is 1. The molecule has 2 aromatic rings. The minimum atomic E-state index is 0.406. The van der Waals surface area contributed by atoms with Crippen molar-refractivity contribution in [3.63, 3.8) is 0 Å². The van der Waals surface area contributed by atoms with Gasteiger partial charge in [0.2, 0.25) is 0 Å². The molecule has 0 saturated carbocycles. The molecule has 0 atom stereocenters. The minimum Gasteiger partial charge on any atom is -0.495 e. The van der Waals surface area contributed by atoms with Crippen molar-refractivity contribution in [3.05, 3.63) is 42.1 Å². The van der Waals surface area contributed by atoms with Crippen molar-refractivity contribution in [1.29, 1.82) is 5.26 Å². The van der Waals surface area contributed by atoms with Crippen molar-refractivity contribution in [2.24, 2.45) is 0 Å². The molecule has 0 bridgehead atoms. The molecule has 0 radical (unpaired) electrons. The average Bonchev–Trinajstić information content (AvgIpc) is 2.41. The molecule has 1 heterocycles. The molecule has 90 valence electrons. The second-order valence-electron chi connectivity index (χ2n) is 3.59. The smallest absolute Gasteiger partial charge is 0.147 e. The van der Waals surface area contributed by atoms with Crippen LogP contribution in [0.5, 0.6) is 5.75 Å². The molecule has 1 aromatic carbocycles. The number of nitriles is 1. The number of hydrogen-bond acceptors (Lipinski definition) is 5. The van der Waals surface area contributed by atoms with Crippen LogP contribution in [-0.2, 0) is 0 Å². The van der Waals surface area contributed by atoms with Crippen molar-refractivity contribution in [2.45, 2.75) is 0 Å². The van der Waals surface area contributed by atoms with E-state index in [1.807, 2.05) is 6.07 Å². The lowest BCUT2D eigenvalue weighted by Crippen LogP contribution is -2.00. The maximum atomic E-state index is 8.83. The molecule has 18 heavy (non-hydrogen) atoms. The highest BCUT2D eigenvalue weighted by molar-refractivity contribution is 5.73. The van der Waals surface area contributed by atoms with Crippen LogP contribution in [0.15, 0.2) is 36.5 Å². The second-order valence-corrected chi connectivity index (χ2v) is 3.59. The summed E-state index contributed by atoms with van der Waals surface area (Å²) in [4.78, 5) is 3.99. The third-order valence-corrected chi connectivity index (χ3v) is 2.44. The number of hydrogen-bond donors (Lipinski definition) is 2. The molecule has 0 amide bonds. The minimum absolute atomic E-state index is 0.406. The number of methoxy groups -OCH3 is 1. The van der Waals surface area contributed by atoms with Gasteiger partial charge in [-0.3, -0.25) is 0 Å². The molecular formula is C13H12N4O. The maximum absolute atomic E-state index is 8.83. The first-order valence-corrected chi connectivity index (χ1v) is 5.30. The predicted octanol–water partition coefficient (Wildman–Crippen LogP) is 2.29. The summed E-state index contributed by atoms with van der Waals surface area (Å²) in [5, 5.41) is 11.9. The van der Waals surface area contributed by atoms with E-state index in [2.05, 4.69) is 16.4 Å². The van der Waals surface area contributed by atoms with Gasteiger partial charge in [0, 0.05) is 12.3 Å². The first-order valence-electron chi connectivity index (χ1n) is 5.30. The lowest BCUT2D eigenvalue weighted by atomic mass is 10.2. The van der Waals surface area contributed by atoms with Crippen LogP contribution in [0.4, 0.5) is 17.2 Å². The lowest BCUT2D eigenvalue weighted by molar-refractivity contribution is 0.416. The monoisotopic (exact) mass is 240 g/mol. The molecule has 5 heteroatoms. The maximum Gasteiger partial charge on any atom is 0.147 e. The Morgan fingerprint density at radius 1 is 1.33 bits per heavy atom. The first-order chi connectivity index (χ1) is 8.74. The van der Waals surface area contributed by atoms with Gasteiger partial charge in [-0.05, 0) is 24.3 Å². The van der Waals surface area contributed by atoms with Gasteiger partial charge in [-0.25, -0.2) is 4.98 Å². The zero-order chi connectivity index (χ0) is 13.0. The number of nitrogens with zero attached hydrogens (tertiary/aromatic N) is 2. The molecule has 0 aliphatic heterocycles. The third kappa shape index (κ3) is 2.33. The Bertz CT molecular complexity index is 604. The van der Waals surface area contributed by atoms with E-state index in [9.17, 15) is 0 Å². The van der Waals surface area contributed by atoms with E-state index in [1.54, 1.807) is 37.6 Å². The van der Waals surface area contributed by atoms with Crippen molar-refractivity contribution >= 4 is 17.2 Å². The van der Waals surface area contributed by atoms with E-state index >= 15 is 0 Å². The van der Waals surface area contributed by atoms with Crippen molar-refractivity contribution in [1.82, 2.24) is 4.98 Å². The van der Waals surface area contributed by atoms with Crippen LogP contribution in [0.3, 0.4) is 0 Å². The van der Waals surface area contributed by atoms with Crippen molar-refractivity contribution < 1.29 is 4.74 Å². The Labute approximate surface area is 105 Å². The fraction of sp³-hybridized carbons (Fsp3) is 0.0769. The predicted molar refractivity (Wildman–Crippen MR) is 69.6 cm³/mol. The number of nitrogens with one attached hydrogen (secondary N) is 1. The molecule has 0 aliphatic rings. The Kier molecular flexibility index (Phi) is 3.30. The van der Waals surface area contributed by atoms with Gasteiger partial charge in [0.05, 0.1) is 30.1 Å². The summed E-state index contributed by atoms with van der Waals surface area (Å²) < 4.78 is 5.23. The van der Waals surface area contributed by atoms with Crippen LogP contribution in [0.1, 0.15) is 5.56 Å². The largest absolute Gasteiger partial charge is 0.495 e. The number of ether oxygens (including phenoxy) is 1. The Morgan fingerprint density at radius 2 is 2.17 bits per heavy atom. The first kappa shape index (κ1) is 11.7. The van der Waals surface area contributed by atoms with Crippen LogP contribution in [0.25, 0.3) is 0 Å². The zero-order valence-electron chi connectivity index (χ0n) is 9.84. The molecule has 0 spiro atoms. The number of rotatable bonds is 3. The Morgan fingerprint density at radius 3 is 2.83 bits per heavy atom. The van der Waals surface area contributed by atoms with E-state index < -0.39 is 0 Å². The molecule has 3 N–H and O–H groups in total. The van der Waals surface area contributed by atoms with Gasteiger partial charge < -0.3 is 15.8 Å². The number of nitrogen functional groups attached to an aromatic ring is 1. The van der Waals surface area contributed by atoms with E-state index in [-0.39, 0.29) is 0 Å². The van der Waals surface area contributed by atoms with Gasteiger partial charge in [-0.2, -0.15) is 5.26 Å². The standard InChI is InChI=1S/C13H12N4O/c1-18-12-7-9(8-14)4-5-10(12)17-11-3-2-6-16-13(11)15/h2-7,17H,1H3,(H2,15,16). The summed E-state index contributed by atoms with van der Waals surface area (Å²) in [6.07, 6.45) is 1.62. The summed E-state index contributed by atoms with van der Waals surface area (Å²) in [5.74, 6) is 0.987. The Balaban J connectivity index is 2.35. The van der Waals surface area contributed by atoms with Gasteiger partial charge in [0.1, 0.15) is 11.6 Å². The van der Waals surface area contributed by atoms with Crippen LogP contribution < -0.4 is 15.8 Å². The number of anilines is 3. The molecule has 5 nitrogen and oxygen atoms in total. The van der Waals surface area contributed by atoms with Crippen LogP contribution in [0.2, 0.25) is 0 Å². The topological polar surface area (TPSA) is 84.0 Å². The number of nitrogens with two attached hydrogens (primary N) is 1. The van der Waals surface area contributed by atoms with E-state index in [4.69, 9.17) is 15.7 Å². The normalized spacial score (nSPS) is 9.56. The third-order valence-electron chi connectivity index (χ3n) is 2.44. The van der Waals surface area contributed by atoms with Gasteiger partial charge >= 0.3 is 0 Å². The number of benzene rings is 1. The summed E-state index contributed by atoms with van der Waals surface area (Å²) in [6, 6.07) is 10.8. The van der Waals surface area contributed by atoms with Crippen LogP contribution in [0, 0.1) is 11.3 Å². The van der Waals surface area contributed by atoms with Crippen molar-refractivity contribution in [3.8, 4) is 11.8 Å². The second kappa shape index (κ2) is 5.06. The molecule has 1 aromatic heterocycles. The lowest BCUT2D eigenvalue weighted by Gasteiger charge is -2.12.